The normalized spacial score (nSPS) is 18.2. The molecule has 0 atom stereocenters. The molecule has 0 bridgehead atoms. The fourth-order valence-corrected chi connectivity index (χ4v) is 3.24. The van der Waals surface area contributed by atoms with Crippen molar-refractivity contribution in [1.29, 1.82) is 0 Å². The Morgan fingerprint density at radius 3 is 2.62 bits per heavy atom. The first-order valence-corrected chi connectivity index (χ1v) is 9.14. The molecule has 1 aliphatic carbocycles. The summed E-state index contributed by atoms with van der Waals surface area (Å²) in [5.41, 5.74) is 1.26. The topological polar surface area (TPSA) is 37.0 Å². The molecule has 2 fully saturated rings. The predicted molar refractivity (Wildman–Crippen MR) is 99.4 cm³/mol. The summed E-state index contributed by atoms with van der Waals surface area (Å²) in [6.07, 6.45) is 2.48. The fourth-order valence-electron chi connectivity index (χ4n) is 2.93. The largest absolute Gasteiger partial charge is 0.497 e. The van der Waals surface area contributed by atoms with E-state index in [2.05, 4.69) is 27.2 Å². The molecule has 5 nitrogen and oxygen atoms in total. The molecule has 0 amide bonds. The Kier molecular flexibility index (Phi) is 6.29. The highest BCUT2D eigenvalue weighted by molar-refractivity contribution is 7.80. The molecule has 2 aliphatic rings. The number of ether oxygens (including phenoxy) is 2. The lowest BCUT2D eigenvalue weighted by atomic mass is 10.2. The lowest BCUT2D eigenvalue weighted by Crippen LogP contribution is -2.45. The third-order valence-electron chi connectivity index (χ3n) is 4.57. The summed E-state index contributed by atoms with van der Waals surface area (Å²) in [7, 11) is 1.69. The number of hydrogen-bond acceptors (Lipinski definition) is 4. The van der Waals surface area contributed by atoms with Crippen LogP contribution >= 0.6 is 12.2 Å². The summed E-state index contributed by atoms with van der Waals surface area (Å²) in [5.74, 6) is 0.892. The lowest BCUT2D eigenvalue weighted by Gasteiger charge is -2.29. The van der Waals surface area contributed by atoms with Gasteiger partial charge in [-0.15, -0.1) is 0 Å². The SMILES string of the molecule is COc1ccc(CN(C(=S)NCCN2CCOCC2)C2CC2)cc1. The molecule has 0 spiro atoms. The second kappa shape index (κ2) is 8.65. The van der Waals surface area contributed by atoms with Crippen LogP contribution in [0.25, 0.3) is 0 Å². The Morgan fingerprint density at radius 1 is 1.29 bits per heavy atom. The summed E-state index contributed by atoms with van der Waals surface area (Å²) in [4.78, 5) is 4.75. The van der Waals surface area contributed by atoms with Crippen molar-refractivity contribution < 1.29 is 9.47 Å². The standard InChI is InChI=1S/C18H27N3O2S/c1-22-17-6-2-15(3-7-17)14-21(16-4-5-16)18(24)19-8-9-20-10-12-23-13-11-20/h2-3,6-7,16H,4-5,8-14H2,1H3,(H,19,24). The van der Waals surface area contributed by atoms with Crippen LogP contribution in [0.4, 0.5) is 0 Å². The van der Waals surface area contributed by atoms with Crippen LogP contribution in [-0.4, -0.2) is 67.5 Å². The Morgan fingerprint density at radius 2 is 2.00 bits per heavy atom. The molecule has 0 unspecified atom stereocenters. The smallest absolute Gasteiger partial charge is 0.169 e. The first-order valence-electron chi connectivity index (χ1n) is 8.74. The monoisotopic (exact) mass is 349 g/mol. The van der Waals surface area contributed by atoms with Crippen LogP contribution in [0.1, 0.15) is 18.4 Å². The number of rotatable bonds is 7. The van der Waals surface area contributed by atoms with E-state index in [0.717, 1.165) is 56.8 Å². The zero-order chi connectivity index (χ0) is 16.8. The van der Waals surface area contributed by atoms with E-state index >= 15 is 0 Å². The second-order valence-corrected chi connectivity index (χ2v) is 6.78. The lowest BCUT2D eigenvalue weighted by molar-refractivity contribution is 0.0388. The van der Waals surface area contributed by atoms with Crippen LogP contribution < -0.4 is 10.1 Å². The van der Waals surface area contributed by atoms with Gasteiger partial charge in [0.05, 0.1) is 20.3 Å². The molecule has 1 N–H and O–H groups in total. The number of morpholine rings is 1. The summed E-state index contributed by atoms with van der Waals surface area (Å²) in [5, 5.41) is 4.32. The van der Waals surface area contributed by atoms with Gasteiger partial charge >= 0.3 is 0 Å². The molecule has 3 rings (SSSR count). The van der Waals surface area contributed by atoms with Crippen LogP contribution in [-0.2, 0) is 11.3 Å². The third-order valence-corrected chi connectivity index (χ3v) is 4.95. The maximum atomic E-state index is 5.65. The van der Waals surface area contributed by atoms with Crippen molar-refractivity contribution in [2.24, 2.45) is 0 Å². The van der Waals surface area contributed by atoms with E-state index in [9.17, 15) is 0 Å². The van der Waals surface area contributed by atoms with E-state index in [1.165, 1.54) is 18.4 Å². The van der Waals surface area contributed by atoms with Gasteiger partial charge in [-0.2, -0.15) is 0 Å². The highest BCUT2D eigenvalue weighted by Crippen LogP contribution is 2.28. The number of hydrogen-bond donors (Lipinski definition) is 1. The van der Waals surface area contributed by atoms with Gasteiger partial charge in [0.2, 0.25) is 0 Å². The van der Waals surface area contributed by atoms with Crippen molar-refractivity contribution in [1.82, 2.24) is 15.1 Å². The molecule has 1 heterocycles. The van der Waals surface area contributed by atoms with Crippen molar-refractivity contribution in [2.45, 2.75) is 25.4 Å². The quantitative estimate of drug-likeness (QED) is 0.758. The molecular formula is C18H27N3O2S. The van der Waals surface area contributed by atoms with E-state index in [4.69, 9.17) is 21.7 Å². The van der Waals surface area contributed by atoms with Crippen molar-refractivity contribution in [2.75, 3.05) is 46.5 Å². The number of methoxy groups -OCH3 is 1. The first-order chi connectivity index (χ1) is 11.8. The number of nitrogens with one attached hydrogen (secondary N) is 1. The fraction of sp³-hybridized carbons (Fsp3) is 0.611. The molecule has 132 valence electrons. The van der Waals surface area contributed by atoms with Gasteiger partial charge in [0.15, 0.2) is 5.11 Å². The Hall–Kier alpha value is -1.37. The van der Waals surface area contributed by atoms with Gasteiger partial charge in [0.1, 0.15) is 5.75 Å². The maximum absolute atomic E-state index is 5.65. The van der Waals surface area contributed by atoms with Crippen molar-refractivity contribution >= 4 is 17.3 Å². The van der Waals surface area contributed by atoms with Crippen molar-refractivity contribution in [3.05, 3.63) is 29.8 Å². The van der Waals surface area contributed by atoms with E-state index in [0.29, 0.717) is 6.04 Å². The molecular weight excluding hydrogens is 322 g/mol. The summed E-state index contributed by atoms with van der Waals surface area (Å²) in [6, 6.07) is 8.84. The van der Waals surface area contributed by atoms with Crippen LogP contribution in [0.3, 0.4) is 0 Å². The van der Waals surface area contributed by atoms with E-state index < -0.39 is 0 Å². The van der Waals surface area contributed by atoms with E-state index in [-0.39, 0.29) is 0 Å². The van der Waals surface area contributed by atoms with Gasteiger partial charge in [0.25, 0.3) is 0 Å². The predicted octanol–water partition coefficient (Wildman–Crippen LogP) is 1.87. The molecule has 1 saturated heterocycles. The van der Waals surface area contributed by atoms with Gasteiger partial charge in [-0.3, -0.25) is 4.90 Å². The second-order valence-electron chi connectivity index (χ2n) is 6.39. The highest BCUT2D eigenvalue weighted by Gasteiger charge is 2.30. The van der Waals surface area contributed by atoms with Gasteiger partial charge in [0, 0.05) is 38.8 Å². The van der Waals surface area contributed by atoms with Crippen molar-refractivity contribution in [3.63, 3.8) is 0 Å². The average molecular weight is 350 g/mol. The van der Waals surface area contributed by atoms with Gasteiger partial charge in [-0.25, -0.2) is 0 Å². The molecule has 24 heavy (non-hydrogen) atoms. The first kappa shape index (κ1) is 17.5. The average Bonchev–Trinajstić information content (AvgIpc) is 3.46. The highest BCUT2D eigenvalue weighted by atomic mass is 32.1. The molecule has 1 aromatic carbocycles. The summed E-state index contributed by atoms with van der Waals surface area (Å²) in [6.45, 7) is 6.50. The van der Waals surface area contributed by atoms with Crippen molar-refractivity contribution in [3.8, 4) is 5.75 Å². The minimum atomic E-state index is 0.593. The molecule has 1 aliphatic heterocycles. The zero-order valence-corrected chi connectivity index (χ0v) is 15.2. The van der Waals surface area contributed by atoms with E-state index in [1.807, 2.05) is 12.1 Å². The number of thiocarbonyl (C=S) groups is 1. The maximum Gasteiger partial charge on any atom is 0.169 e. The third kappa shape index (κ3) is 5.06. The minimum absolute atomic E-state index is 0.593. The molecule has 1 aromatic rings. The summed E-state index contributed by atoms with van der Waals surface area (Å²) < 4.78 is 10.6. The molecule has 1 saturated carbocycles. The van der Waals surface area contributed by atoms with Crippen LogP contribution in [0.2, 0.25) is 0 Å². The molecule has 0 radical (unpaired) electrons. The van der Waals surface area contributed by atoms with Gasteiger partial charge in [-0.05, 0) is 42.8 Å². The van der Waals surface area contributed by atoms with Gasteiger partial charge in [-0.1, -0.05) is 12.1 Å². The summed E-state index contributed by atoms with van der Waals surface area (Å²) >= 11 is 5.65. The Balaban J connectivity index is 1.47. The van der Waals surface area contributed by atoms with Gasteiger partial charge < -0.3 is 19.7 Å². The molecule has 0 aromatic heterocycles. The van der Waals surface area contributed by atoms with Crippen LogP contribution in [0, 0.1) is 0 Å². The Bertz CT molecular complexity index is 528. The minimum Gasteiger partial charge on any atom is -0.497 e. The van der Waals surface area contributed by atoms with Crippen LogP contribution in [0.15, 0.2) is 24.3 Å². The Labute approximate surface area is 149 Å². The zero-order valence-electron chi connectivity index (χ0n) is 14.4. The molecule has 6 heteroatoms. The van der Waals surface area contributed by atoms with Crippen LogP contribution in [0.5, 0.6) is 5.75 Å². The van der Waals surface area contributed by atoms with E-state index in [1.54, 1.807) is 7.11 Å². The number of nitrogens with zero attached hydrogens (tertiary/aromatic N) is 2. The number of benzene rings is 1.